The number of hydrogen-bond donors (Lipinski definition) is 2. The molecule has 0 radical (unpaired) electrons. The van der Waals surface area contributed by atoms with Crippen LogP contribution in [0.5, 0.6) is 0 Å². The van der Waals surface area contributed by atoms with Gasteiger partial charge in [0.2, 0.25) is 0 Å². The summed E-state index contributed by atoms with van der Waals surface area (Å²) in [7, 11) is -3.90. The van der Waals surface area contributed by atoms with Crippen molar-refractivity contribution in [3.63, 3.8) is 0 Å². The van der Waals surface area contributed by atoms with Crippen molar-refractivity contribution in [2.75, 3.05) is 10.5 Å². The molecule has 8 heteroatoms. The third-order valence-corrected chi connectivity index (χ3v) is 4.01. The number of sulfonamides is 1. The summed E-state index contributed by atoms with van der Waals surface area (Å²) in [5.41, 5.74) is 4.95. The molecule has 112 valence electrons. The summed E-state index contributed by atoms with van der Waals surface area (Å²) in [6.45, 7) is 0. The third kappa shape index (κ3) is 3.66. The van der Waals surface area contributed by atoms with Gasteiger partial charge in [-0.3, -0.25) is 4.72 Å². The van der Waals surface area contributed by atoms with Gasteiger partial charge in [-0.2, -0.15) is 13.2 Å². The minimum Gasteiger partial charge on any atom is -0.399 e. The molecule has 3 N–H and O–H groups in total. The zero-order chi connectivity index (χ0) is 15.7. The highest BCUT2D eigenvalue weighted by molar-refractivity contribution is 7.92. The fourth-order valence-electron chi connectivity index (χ4n) is 1.62. The Labute approximate surface area is 119 Å². The van der Waals surface area contributed by atoms with Crippen LogP contribution in [0.25, 0.3) is 0 Å². The molecule has 21 heavy (non-hydrogen) atoms. The average Bonchev–Trinajstić information content (AvgIpc) is 2.38. The van der Waals surface area contributed by atoms with Crippen LogP contribution in [0, 0.1) is 0 Å². The van der Waals surface area contributed by atoms with Gasteiger partial charge in [0.1, 0.15) is 0 Å². The Morgan fingerprint density at radius 3 is 2.14 bits per heavy atom. The van der Waals surface area contributed by atoms with Gasteiger partial charge in [0.05, 0.1) is 10.5 Å². The van der Waals surface area contributed by atoms with E-state index in [1.165, 1.54) is 24.3 Å². The number of nitrogens with two attached hydrogens (primary N) is 1. The molecular formula is C13H11F3N2O2S. The standard InChI is InChI=1S/C13H11F3N2O2S/c14-13(15,16)9-4-6-11(7-5-9)18-21(19,20)12-3-1-2-10(17)8-12/h1-8,18H,17H2. The number of halogens is 3. The molecule has 0 atom stereocenters. The summed E-state index contributed by atoms with van der Waals surface area (Å²) in [6.07, 6.45) is -4.47. The molecule has 0 amide bonds. The van der Waals surface area contributed by atoms with Crippen LogP contribution in [0.3, 0.4) is 0 Å². The monoisotopic (exact) mass is 316 g/mol. The lowest BCUT2D eigenvalue weighted by Gasteiger charge is -2.10. The van der Waals surface area contributed by atoms with Crippen LogP contribution < -0.4 is 10.5 Å². The van der Waals surface area contributed by atoms with E-state index in [0.717, 1.165) is 24.3 Å². The van der Waals surface area contributed by atoms with Crippen molar-refractivity contribution in [3.05, 3.63) is 54.1 Å². The molecule has 0 heterocycles. The van der Waals surface area contributed by atoms with Gasteiger partial charge >= 0.3 is 6.18 Å². The highest BCUT2D eigenvalue weighted by Gasteiger charge is 2.30. The Hall–Kier alpha value is -2.22. The maximum atomic E-state index is 12.4. The first kappa shape index (κ1) is 15.2. The Balaban J connectivity index is 2.25. The quantitative estimate of drug-likeness (QED) is 0.855. The van der Waals surface area contributed by atoms with Gasteiger partial charge in [-0.05, 0) is 42.5 Å². The number of anilines is 2. The van der Waals surface area contributed by atoms with Crippen LogP contribution in [-0.2, 0) is 16.2 Å². The van der Waals surface area contributed by atoms with E-state index >= 15 is 0 Å². The first-order chi connectivity index (χ1) is 9.68. The first-order valence-electron chi connectivity index (χ1n) is 5.74. The molecule has 0 unspecified atom stereocenters. The van der Waals surface area contributed by atoms with Crippen molar-refractivity contribution in [1.29, 1.82) is 0 Å². The molecule has 2 rings (SSSR count). The molecule has 0 aliphatic rings. The van der Waals surface area contributed by atoms with Gasteiger partial charge in [0, 0.05) is 11.4 Å². The number of alkyl halides is 3. The van der Waals surface area contributed by atoms with Gasteiger partial charge in [-0.1, -0.05) is 6.07 Å². The normalized spacial score (nSPS) is 12.1. The predicted octanol–water partition coefficient (Wildman–Crippen LogP) is 3.09. The number of nitrogens with one attached hydrogen (secondary N) is 1. The Morgan fingerprint density at radius 2 is 1.62 bits per heavy atom. The largest absolute Gasteiger partial charge is 0.416 e. The molecule has 0 fully saturated rings. The van der Waals surface area contributed by atoms with Crippen molar-refractivity contribution >= 4 is 21.4 Å². The molecule has 0 aromatic heterocycles. The van der Waals surface area contributed by atoms with Gasteiger partial charge in [0.15, 0.2) is 0 Å². The van der Waals surface area contributed by atoms with E-state index in [0.29, 0.717) is 0 Å². The number of hydrogen-bond acceptors (Lipinski definition) is 3. The van der Waals surface area contributed by atoms with Crippen LogP contribution in [0.15, 0.2) is 53.4 Å². The first-order valence-corrected chi connectivity index (χ1v) is 7.22. The summed E-state index contributed by atoms with van der Waals surface area (Å²) >= 11 is 0. The SMILES string of the molecule is Nc1cccc(S(=O)(=O)Nc2ccc(C(F)(F)F)cc2)c1. The number of benzene rings is 2. The minimum absolute atomic E-state index is 0.0328. The minimum atomic E-state index is -4.47. The molecule has 2 aromatic rings. The highest BCUT2D eigenvalue weighted by atomic mass is 32.2. The topological polar surface area (TPSA) is 72.2 Å². The van der Waals surface area contributed by atoms with E-state index in [2.05, 4.69) is 4.72 Å². The van der Waals surface area contributed by atoms with E-state index in [9.17, 15) is 21.6 Å². The van der Waals surface area contributed by atoms with Crippen molar-refractivity contribution in [2.24, 2.45) is 0 Å². The van der Waals surface area contributed by atoms with Crippen molar-refractivity contribution in [3.8, 4) is 0 Å². The van der Waals surface area contributed by atoms with Crippen molar-refractivity contribution in [1.82, 2.24) is 0 Å². The van der Waals surface area contributed by atoms with Crippen LogP contribution in [0.4, 0.5) is 24.5 Å². The molecule has 0 bridgehead atoms. The van der Waals surface area contributed by atoms with E-state index in [1.54, 1.807) is 0 Å². The predicted molar refractivity (Wildman–Crippen MR) is 73.1 cm³/mol. The summed E-state index contributed by atoms with van der Waals surface area (Å²) in [5, 5.41) is 0. The summed E-state index contributed by atoms with van der Waals surface area (Å²) in [5.74, 6) is 0. The van der Waals surface area contributed by atoms with Gasteiger partial charge in [0.25, 0.3) is 10.0 Å². The van der Waals surface area contributed by atoms with E-state index in [-0.39, 0.29) is 16.3 Å². The average molecular weight is 316 g/mol. The van der Waals surface area contributed by atoms with E-state index in [1.807, 2.05) is 0 Å². The third-order valence-electron chi connectivity index (χ3n) is 2.63. The maximum absolute atomic E-state index is 12.4. The van der Waals surface area contributed by atoms with Crippen molar-refractivity contribution in [2.45, 2.75) is 11.1 Å². The molecular weight excluding hydrogens is 305 g/mol. The molecule has 4 nitrogen and oxygen atoms in total. The molecule has 0 aliphatic heterocycles. The smallest absolute Gasteiger partial charge is 0.399 e. The summed E-state index contributed by atoms with van der Waals surface area (Å²) in [4.78, 5) is -0.0672. The zero-order valence-electron chi connectivity index (χ0n) is 10.6. The fourth-order valence-corrected chi connectivity index (χ4v) is 2.74. The van der Waals surface area contributed by atoms with Gasteiger partial charge in [-0.15, -0.1) is 0 Å². The van der Waals surface area contributed by atoms with E-state index in [4.69, 9.17) is 5.73 Å². The fraction of sp³-hybridized carbons (Fsp3) is 0.0769. The number of rotatable bonds is 3. The van der Waals surface area contributed by atoms with Crippen LogP contribution in [0.2, 0.25) is 0 Å². The highest BCUT2D eigenvalue weighted by Crippen LogP contribution is 2.30. The zero-order valence-corrected chi connectivity index (χ0v) is 11.4. The Bertz CT molecular complexity index is 741. The van der Waals surface area contributed by atoms with Crippen LogP contribution in [0.1, 0.15) is 5.56 Å². The van der Waals surface area contributed by atoms with Gasteiger partial charge < -0.3 is 5.73 Å². The van der Waals surface area contributed by atoms with Crippen molar-refractivity contribution < 1.29 is 21.6 Å². The molecule has 0 spiro atoms. The van der Waals surface area contributed by atoms with Crippen LogP contribution in [-0.4, -0.2) is 8.42 Å². The molecule has 0 saturated carbocycles. The Kier molecular flexibility index (Phi) is 3.82. The van der Waals surface area contributed by atoms with E-state index < -0.39 is 21.8 Å². The van der Waals surface area contributed by atoms with Crippen LogP contribution >= 0.6 is 0 Å². The Morgan fingerprint density at radius 1 is 1.00 bits per heavy atom. The summed E-state index contributed by atoms with van der Waals surface area (Å²) < 4.78 is 63.5. The molecule has 0 aliphatic carbocycles. The molecule has 2 aromatic carbocycles. The lowest BCUT2D eigenvalue weighted by atomic mass is 10.2. The lowest BCUT2D eigenvalue weighted by Crippen LogP contribution is -2.13. The molecule has 0 saturated heterocycles. The maximum Gasteiger partial charge on any atom is 0.416 e. The second-order valence-electron chi connectivity index (χ2n) is 4.25. The summed E-state index contributed by atoms with van der Waals surface area (Å²) in [6, 6.07) is 9.29. The second-order valence-corrected chi connectivity index (χ2v) is 5.94. The lowest BCUT2D eigenvalue weighted by molar-refractivity contribution is -0.137. The van der Waals surface area contributed by atoms with Gasteiger partial charge in [-0.25, -0.2) is 8.42 Å². The second kappa shape index (κ2) is 5.28. The number of nitrogen functional groups attached to an aromatic ring is 1.